The number of carboxylic acids is 1. The van der Waals surface area contributed by atoms with Gasteiger partial charge in [-0.05, 0) is 62.7 Å². The van der Waals surface area contributed by atoms with Crippen molar-refractivity contribution in [2.75, 3.05) is 28.6 Å². The van der Waals surface area contributed by atoms with Gasteiger partial charge in [-0.2, -0.15) is 5.26 Å². The second-order valence-corrected chi connectivity index (χ2v) is 6.33. The Bertz CT molecular complexity index is 979. The van der Waals surface area contributed by atoms with Gasteiger partial charge in [0.05, 0.1) is 5.56 Å². The molecule has 0 aliphatic rings. The molecule has 0 aromatic heterocycles. The number of carbonyl (C=O) groups is 2. The predicted molar refractivity (Wildman–Crippen MR) is 114 cm³/mol. The topological polar surface area (TPSA) is 105 Å². The highest BCUT2D eigenvalue weighted by molar-refractivity contribution is 6.07. The zero-order chi connectivity index (χ0) is 21.4. The fourth-order valence-electron chi connectivity index (χ4n) is 2.82. The van der Waals surface area contributed by atoms with Gasteiger partial charge in [-0.1, -0.05) is 6.07 Å². The number of aryl methyl sites for hydroxylation is 1. The second kappa shape index (κ2) is 11.5. The van der Waals surface area contributed by atoms with E-state index in [1.165, 1.54) is 24.4 Å². The number of nitrogens with zero attached hydrogens (tertiary/aromatic N) is 2. The molecule has 8 heteroatoms. The minimum absolute atomic E-state index is 0. The van der Waals surface area contributed by atoms with Gasteiger partial charge in [0, 0.05) is 36.4 Å². The Morgan fingerprint density at radius 1 is 1.17 bits per heavy atom. The molecule has 0 saturated carbocycles. The quantitative estimate of drug-likeness (QED) is 0.429. The number of hydrogen-bond acceptors (Lipinski definition) is 5. The van der Waals surface area contributed by atoms with Crippen LogP contribution in [0.15, 0.2) is 54.2 Å². The molecule has 2 aromatic rings. The van der Waals surface area contributed by atoms with Crippen LogP contribution in [-0.2, 0) is 4.79 Å². The van der Waals surface area contributed by atoms with E-state index >= 15 is 0 Å². The normalized spacial score (nSPS) is 10.4. The van der Waals surface area contributed by atoms with Gasteiger partial charge in [0.15, 0.2) is 0 Å². The number of amides is 1. The van der Waals surface area contributed by atoms with Crippen molar-refractivity contribution in [3.8, 4) is 6.07 Å². The van der Waals surface area contributed by atoms with Crippen LogP contribution in [0.4, 0.5) is 17.1 Å². The molecule has 0 radical (unpaired) electrons. The predicted octanol–water partition coefficient (Wildman–Crippen LogP) is 1.00. The van der Waals surface area contributed by atoms with Crippen molar-refractivity contribution in [1.82, 2.24) is 0 Å². The van der Waals surface area contributed by atoms with Crippen molar-refractivity contribution < 1.29 is 27.1 Å². The van der Waals surface area contributed by atoms with Gasteiger partial charge in [0.25, 0.3) is 5.91 Å². The molecule has 0 heterocycles. The summed E-state index contributed by atoms with van der Waals surface area (Å²) in [5, 5.41) is 23.9. The molecule has 3 N–H and O–H groups in total. The SMILES string of the molecule is CCN(CC)c1ccc(N/C=C(/C#N)C(=O)Nc2cccc(C(=O)O)c2)c(C)c1.[Cl-]. The molecule has 0 spiro atoms. The third-order valence-corrected chi connectivity index (χ3v) is 4.44. The molecule has 0 aliphatic heterocycles. The number of benzene rings is 2. The summed E-state index contributed by atoms with van der Waals surface area (Å²) in [6, 6.07) is 13.6. The molecule has 0 fully saturated rings. The van der Waals surface area contributed by atoms with E-state index in [0.29, 0.717) is 5.69 Å². The summed E-state index contributed by atoms with van der Waals surface area (Å²) in [7, 11) is 0. The number of anilines is 3. The van der Waals surface area contributed by atoms with Crippen molar-refractivity contribution in [3.63, 3.8) is 0 Å². The lowest BCUT2D eigenvalue weighted by Gasteiger charge is -2.22. The molecule has 7 nitrogen and oxygen atoms in total. The van der Waals surface area contributed by atoms with Crippen LogP contribution in [0, 0.1) is 18.3 Å². The van der Waals surface area contributed by atoms with E-state index in [-0.39, 0.29) is 23.5 Å². The van der Waals surface area contributed by atoms with Crippen LogP contribution in [0.5, 0.6) is 0 Å². The first-order valence-corrected chi connectivity index (χ1v) is 9.26. The molecule has 2 aromatic carbocycles. The Morgan fingerprint density at radius 3 is 2.43 bits per heavy atom. The molecule has 0 unspecified atom stereocenters. The van der Waals surface area contributed by atoms with Gasteiger partial charge in [-0.3, -0.25) is 4.79 Å². The number of hydrogen-bond donors (Lipinski definition) is 3. The van der Waals surface area contributed by atoms with Crippen LogP contribution in [0.2, 0.25) is 0 Å². The smallest absolute Gasteiger partial charge is 0.335 e. The van der Waals surface area contributed by atoms with E-state index in [1.54, 1.807) is 6.07 Å². The fourth-order valence-corrected chi connectivity index (χ4v) is 2.82. The fraction of sp³-hybridized carbons (Fsp3) is 0.227. The van der Waals surface area contributed by atoms with Crippen LogP contribution in [0.1, 0.15) is 29.8 Å². The third kappa shape index (κ3) is 6.26. The zero-order valence-electron chi connectivity index (χ0n) is 17.1. The molecule has 0 atom stereocenters. The van der Waals surface area contributed by atoms with Gasteiger partial charge >= 0.3 is 5.97 Å². The molecule has 158 valence electrons. The average molecular weight is 428 g/mol. The number of halogens is 1. The highest BCUT2D eigenvalue weighted by atomic mass is 35.5. The van der Waals surface area contributed by atoms with Crippen LogP contribution in [-0.4, -0.2) is 30.1 Å². The molecule has 0 aliphatic carbocycles. The Labute approximate surface area is 182 Å². The lowest BCUT2D eigenvalue weighted by atomic mass is 10.1. The molecule has 30 heavy (non-hydrogen) atoms. The van der Waals surface area contributed by atoms with E-state index in [4.69, 9.17) is 5.11 Å². The summed E-state index contributed by atoms with van der Waals surface area (Å²) in [6.07, 6.45) is 1.34. The summed E-state index contributed by atoms with van der Waals surface area (Å²) in [5.41, 5.74) is 3.10. The number of carbonyl (C=O) groups excluding carboxylic acids is 1. The highest BCUT2D eigenvalue weighted by Crippen LogP contribution is 2.23. The Morgan fingerprint density at radius 2 is 1.87 bits per heavy atom. The van der Waals surface area contributed by atoms with E-state index < -0.39 is 11.9 Å². The van der Waals surface area contributed by atoms with Gasteiger partial charge in [-0.15, -0.1) is 0 Å². The molecule has 2 rings (SSSR count). The lowest BCUT2D eigenvalue weighted by molar-refractivity contribution is -0.112. The van der Waals surface area contributed by atoms with Gasteiger partial charge in [0.2, 0.25) is 0 Å². The first-order chi connectivity index (χ1) is 13.9. The van der Waals surface area contributed by atoms with Gasteiger partial charge in [-0.25, -0.2) is 4.79 Å². The number of carboxylic acid groups (broad SMARTS) is 1. The largest absolute Gasteiger partial charge is 1.00 e. The maximum absolute atomic E-state index is 12.4. The van der Waals surface area contributed by atoms with Crippen LogP contribution in [0.3, 0.4) is 0 Å². The first-order valence-electron chi connectivity index (χ1n) is 9.26. The number of rotatable bonds is 8. The molecular formula is C22H24ClN4O3-. The minimum atomic E-state index is -1.09. The van der Waals surface area contributed by atoms with Gasteiger partial charge in [0.1, 0.15) is 11.6 Å². The molecule has 0 saturated heterocycles. The summed E-state index contributed by atoms with van der Waals surface area (Å²) in [4.78, 5) is 25.6. The molecular weight excluding hydrogens is 404 g/mol. The molecule has 1 amide bonds. The highest BCUT2D eigenvalue weighted by Gasteiger charge is 2.11. The average Bonchev–Trinajstić information content (AvgIpc) is 2.71. The Balaban J connectivity index is 0.00000450. The van der Waals surface area contributed by atoms with Crippen molar-refractivity contribution in [2.45, 2.75) is 20.8 Å². The molecule has 0 bridgehead atoms. The number of nitriles is 1. The maximum atomic E-state index is 12.4. The minimum Gasteiger partial charge on any atom is -1.00 e. The summed E-state index contributed by atoms with van der Waals surface area (Å²) >= 11 is 0. The lowest BCUT2D eigenvalue weighted by Crippen LogP contribution is -3.00. The maximum Gasteiger partial charge on any atom is 0.335 e. The number of nitrogens with one attached hydrogen (secondary N) is 2. The monoisotopic (exact) mass is 427 g/mol. The first kappa shape index (κ1) is 24.5. The third-order valence-electron chi connectivity index (χ3n) is 4.44. The Hall–Kier alpha value is -3.50. The van der Waals surface area contributed by atoms with Crippen LogP contribution < -0.4 is 27.9 Å². The summed E-state index contributed by atoms with van der Waals surface area (Å²) in [5.74, 6) is -1.72. The Kier molecular flexibility index (Phi) is 9.40. The zero-order valence-corrected chi connectivity index (χ0v) is 17.8. The van der Waals surface area contributed by atoms with Gasteiger partial charge < -0.3 is 33.0 Å². The van der Waals surface area contributed by atoms with Crippen molar-refractivity contribution in [1.29, 1.82) is 5.26 Å². The summed E-state index contributed by atoms with van der Waals surface area (Å²) < 4.78 is 0. The van der Waals surface area contributed by atoms with E-state index in [0.717, 1.165) is 30.0 Å². The van der Waals surface area contributed by atoms with Crippen LogP contribution in [0.25, 0.3) is 0 Å². The standard InChI is InChI=1S/C22H24N4O3.ClH/c1-4-26(5-2)19-9-10-20(15(3)11-19)24-14-17(13-23)21(27)25-18-8-6-7-16(12-18)22(28)29;/h6-12,14,24H,4-5H2,1-3H3,(H,25,27)(H,28,29);1H/p-1/b17-14-;. The second-order valence-electron chi connectivity index (χ2n) is 6.33. The van der Waals surface area contributed by atoms with E-state index in [9.17, 15) is 14.9 Å². The van der Waals surface area contributed by atoms with Crippen molar-refractivity contribution in [2.24, 2.45) is 0 Å². The number of aromatic carboxylic acids is 1. The van der Waals surface area contributed by atoms with Crippen molar-refractivity contribution >= 4 is 28.9 Å². The van der Waals surface area contributed by atoms with E-state index in [2.05, 4.69) is 29.4 Å². The van der Waals surface area contributed by atoms with Crippen molar-refractivity contribution in [3.05, 3.63) is 65.4 Å². The van der Waals surface area contributed by atoms with Crippen LogP contribution >= 0.6 is 0 Å². The van der Waals surface area contributed by atoms with E-state index in [1.807, 2.05) is 31.2 Å². The summed E-state index contributed by atoms with van der Waals surface area (Å²) in [6.45, 7) is 7.96.